The Morgan fingerprint density at radius 3 is 2.68 bits per heavy atom. The van der Waals surface area contributed by atoms with Crippen molar-refractivity contribution in [1.29, 1.82) is 0 Å². The Balaban J connectivity index is 1.55. The SMILES string of the molecule is Cc1nc2cc(NC(=O)CCCS(=O)(=O)c3ccccc3)ccc2s1. The van der Waals surface area contributed by atoms with Crippen molar-refractivity contribution in [3.63, 3.8) is 0 Å². The number of anilines is 1. The molecule has 0 saturated carbocycles. The minimum Gasteiger partial charge on any atom is -0.326 e. The van der Waals surface area contributed by atoms with Gasteiger partial charge in [0.15, 0.2) is 9.84 Å². The van der Waals surface area contributed by atoms with E-state index < -0.39 is 9.84 Å². The number of hydrogen-bond donors (Lipinski definition) is 1. The molecular formula is C18H18N2O3S2. The van der Waals surface area contributed by atoms with E-state index in [2.05, 4.69) is 10.3 Å². The summed E-state index contributed by atoms with van der Waals surface area (Å²) in [6.07, 6.45) is 0.432. The van der Waals surface area contributed by atoms with Crippen LogP contribution in [0.4, 0.5) is 5.69 Å². The maximum absolute atomic E-state index is 12.2. The number of sulfone groups is 1. The molecule has 25 heavy (non-hydrogen) atoms. The van der Waals surface area contributed by atoms with Gasteiger partial charge >= 0.3 is 0 Å². The highest BCUT2D eigenvalue weighted by Gasteiger charge is 2.14. The summed E-state index contributed by atoms with van der Waals surface area (Å²) in [6, 6.07) is 13.9. The Labute approximate surface area is 150 Å². The lowest BCUT2D eigenvalue weighted by atomic mass is 10.2. The number of nitrogens with zero attached hydrogens (tertiary/aromatic N) is 1. The van der Waals surface area contributed by atoms with Gasteiger partial charge in [-0.15, -0.1) is 11.3 Å². The molecule has 3 aromatic rings. The van der Waals surface area contributed by atoms with Gasteiger partial charge in [-0.1, -0.05) is 18.2 Å². The number of amides is 1. The highest BCUT2D eigenvalue weighted by Crippen LogP contribution is 2.24. The molecule has 1 amide bonds. The van der Waals surface area contributed by atoms with Crippen LogP contribution in [0.25, 0.3) is 10.2 Å². The summed E-state index contributed by atoms with van der Waals surface area (Å²) < 4.78 is 25.4. The van der Waals surface area contributed by atoms with E-state index >= 15 is 0 Å². The average molecular weight is 374 g/mol. The molecule has 0 radical (unpaired) electrons. The number of carbonyl (C=O) groups is 1. The second-order valence-corrected chi connectivity index (χ2v) is 9.04. The molecule has 0 aliphatic rings. The van der Waals surface area contributed by atoms with Crippen molar-refractivity contribution in [2.45, 2.75) is 24.7 Å². The number of fused-ring (bicyclic) bond motifs is 1. The number of thiazole rings is 1. The fourth-order valence-electron chi connectivity index (χ4n) is 2.51. The van der Waals surface area contributed by atoms with E-state index in [1.165, 1.54) is 0 Å². The first-order valence-corrected chi connectivity index (χ1v) is 10.4. The van der Waals surface area contributed by atoms with Crippen LogP contribution in [-0.2, 0) is 14.6 Å². The minimum atomic E-state index is -3.34. The Kier molecular flexibility index (Phi) is 5.15. The molecule has 0 atom stereocenters. The van der Waals surface area contributed by atoms with Gasteiger partial charge in [0, 0.05) is 12.1 Å². The first-order valence-electron chi connectivity index (χ1n) is 7.89. The smallest absolute Gasteiger partial charge is 0.224 e. The van der Waals surface area contributed by atoms with Crippen LogP contribution in [0.2, 0.25) is 0 Å². The van der Waals surface area contributed by atoms with Gasteiger partial charge in [0.05, 0.1) is 25.9 Å². The molecule has 0 unspecified atom stereocenters. The maximum Gasteiger partial charge on any atom is 0.224 e. The van der Waals surface area contributed by atoms with Crippen molar-refractivity contribution in [3.8, 4) is 0 Å². The fourth-order valence-corrected chi connectivity index (χ4v) is 4.65. The number of nitrogens with one attached hydrogen (secondary N) is 1. The molecule has 0 bridgehead atoms. The molecule has 130 valence electrons. The van der Waals surface area contributed by atoms with Crippen LogP contribution in [0.3, 0.4) is 0 Å². The Morgan fingerprint density at radius 2 is 1.92 bits per heavy atom. The monoisotopic (exact) mass is 374 g/mol. The number of aromatic nitrogens is 1. The van der Waals surface area contributed by atoms with Crippen molar-refractivity contribution >= 4 is 43.0 Å². The summed E-state index contributed by atoms with van der Waals surface area (Å²) in [5, 5.41) is 3.78. The summed E-state index contributed by atoms with van der Waals surface area (Å²) >= 11 is 1.60. The van der Waals surface area contributed by atoms with E-state index in [1.807, 2.05) is 25.1 Å². The normalized spacial score (nSPS) is 11.6. The largest absolute Gasteiger partial charge is 0.326 e. The maximum atomic E-state index is 12.2. The number of benzene rings is 2. The number of aryl methyl sites for hydroxylation is 1. The highest BCUT2D eigenvalue weighted by atomic mass is 32.2. The van der Waals surface area contributed by atoms with Gasteiger partial charge in [-0.2, -0.15) is 0 Å². The molecule has 1 heterocycles. The van der Waals surface area contributed by atoms with Gasteiger partial charge in [-0.25, -0.2) is 13.4 Å². The quantitative estimate of drug-likeness (QED) is 0.712. The summed E-state index contributed by atoms with van der Waals surface area (Å²) in [6.45, 7) is 1.94. The fraction of sp³-hybridized carbons (Fsp3) is 0.222. The Morgan fingerprint density at radius 1 is 1.16 bits per heavy atom. The van der Waals surface area contributed by atoms with Crippen LogP contribution < -0.4 is 5.32 Å². The second-order valence-electron chi connectivity index (χ2n) is 5.70. The van der Waals surface area contributed by atoms with E-state index in [0.29, 0.717) is 10.6 Å². The topological polar surface area (TPSA) is 76.1 Å². The first kappa shape index (κ1) is 17.6. The molecule has 2 aromatic carbocycles. The van der Waals surface area contributed by atoms with Gasteiger partial charge in [0.2, 0.25) is 5.91 Å². The molecule has 1 aromatic heterocycles. The van der Waals surface area contributed by atoms with E-state index in [9.17, 15) is 13.2 Å². The molecule has 5 nitrogen and oxygen atoms in total. The Bertz CT molecular complexity index is 996. The predicted octanol–water partition coefficient (Wildman–Crippen LogP) is 3.80. The lowest BCUT2D eigenvalue weighted by Gasteiger charge is -2.06. The van der Waals surface area contributed by atoms with Crippen molar-refractivity contribution in [1.82, 2.24) is 4.98 Å². The van der Waals surface area contributed by atoms with Crippen molar-refractivity contribution in [2.24, 2.45) is 0 Å². The predicted molar refractivity (Wildman–Crippen MR) is 101 cm³/mol. The summed E-state index contributed by atoms with van der Waals surface area (Å²) in [5.41, 5.74) is 1.53. The number of rotatable bonds is 6. The number of carbonyl (C=O) groups excluding carboxylic acids is 1. The molecule has 1 N–H and O–H groups in total. The first-order chi connectivity index (χ1) is 11.9. The van der Waals surface area contributed by atoms with E-state index in [-0.39, 0.29) is 24.5 Å². The molecular weight excluding hydrogens is 356 g/mol. The molecule has 7 heteroatoms. The summed E-state index contributed by atoms with van der Waals surface area (Å²) in [5.74, 6) is -0.246. The van der Waals surface area contributed by atoms with Crippen LogP contribution in [0, 0.1) is 6.92 Å². The van der Waals surface area contributed by atoms with E-state index in [0.717, 1.165) is 15.2 Å². The summed E-state index contributed by atoms with van der Waals surface area (Å²) in [4.78, 5) is 16.7. The molecule has 0 spiro atoms. The van der Waals surface area contributed by atoms with E-state index in [4.69, 9.17) is 0 Å². The van der Waals surface area contributed by atoms with Gasteiger partial charge < -0.3 is 5.32 Å². The van der Waals surface area contributed by atoms with Crippen molar-refractivity contribution in [2.75, 3.05) is 11.1 Å². The Hall–Kier alpha value is -2.25. The van der Waals surface area contributed by atoms with Crippen LogP contribution in [-0.4, -0.2) is 25.1 Å². The number of hydrogen-bond acceptors (Lipinski definition) is 5. The van der Waals surface area contributed by atoms with Crippen LogP contribution in [0.15, 0.2) is 53.4 Å². The molecule has 3 rings (SSSR count). The average Bonchev–Trinajstić information content (AvgIpc) is 2.95. The van der Waals surface area contributed by atoms with Gasteiger partial charge in [-0.3, -0.25) is 4.79 Å². The molecule has 0 aliphatic carbocycles. The third kappa shape index (κ3) is 4.43. The van der Waals surface area contributed by atoms with Gasteiger partial charge in [-0.05, 0) is 43.7 Å². The minimum absolute atomic E-state index is 0.0469. The third-order valence-electron chi connectivity index (χ3n) is 3.70. The van der Waals surface area contributed by atoms with Crippen molar-refractivity contribution in [3.05, 3.63) is 53.5 Å². The van der Waals surface area contributed by atoms with Gasteiger partial charge in [0.25, 0.3) is 0 Å². The molecule has 0 fully saturated rings. The van der Waals surface area contributed by atoms with Crippen LogP contribution in [0.5, 0.6) is 0 Å². The summed E-state index contributed by atoms with van der Waals surface area (Å²) in [7, 11) is -3.34. The standard InChI is InChI=1S/C18H18N2O3S2/c1-13-19-16-12-14(9-10-17(16)24-13)20-18(21)8-5-11-25(22,23)15-6-3-2-4-7-15/h2-4,6-7,9-10,12H,5,8,11H2,1H3,(H,20,21). The zero-order chi connectivity index (χ0) is 17.9. The zero-order valence-electron chi connectivity index (χ0n) is 13.7. The third-order valence-corrected chi connectivity index (χ3v) is 6.47. The lowest BCUT2D eigenvalue weighted by molar-refractivity contribution is -0.116. The van der Waals surface area contributed by atoms with Crippen LogP contribution >= 0.6 is 11.3 Å². The van der Waals surface area contributed by atoms with Crippen LogP contribution in [0.1, 0.15) is 17.8 Å². The molecule has 0 aliphatic heterocycles. The highest BCUT2D eigenvalue weighted by molar-refractivity contribution is 7.91. The van der Waals surface area contributed by atoms with Gasteiger partial charge in [0.1, 0.15) is 0 Å². The second kappa shape index (κ2) is 7.33. The zero-order valence-corrected chi connectivity index (χ0v) is 15.4. The lowest BCUT2D eigenvalue weighted by Crippen LogP contribution is -2.14. The van der Waals surface area contributed by atoms with E-state index in [1.54, 1.807) is 41.7 Å². The van der Waals surface area contributed by atoms with Crippen molar-refractivity contribution < 1.29 is 13.2 Å². The molecule has 0 saturated heterocycles.